The number of rotatable bonds is 5. The van der Waals surface area contributed by atoms with Crippen molar-refractivity contribution in [1.82, 2.24) is 9.62 Å². The second-order valence-electron chi connectivity index (χ2n) is 10.1. The Kier molecular flexibility index (Phi) is 7.47. The third-order valence-corrected chi connectivity index (χ3v) is 8.83. The van der Waals surface area contributed by atoms with Gasteiger partial charge in [-0.25, -0.2) is 0 Å². The second-order valence-corrected chi connectivity index (χ2v) is 11.4. The van der Waals surface area contributed by atoms with Gasteiger partial charge in [0.25, 0.3) is 0 Å². The van der Waals surface area contributed by atoms with Crippen molar-refractivity contribution < 1.29 is 18.6 Å². The molecule has 0 spiro atoms. The van der Waals surface area contributed by atoms with Crippen molar-refractivity contribution in [3.63, 3.8) is 0 Å². The fourth-order valence-electron chi connectivity index (χ4n) is 6.58. The van der Waals surface area contributed by atoms with Gasteiger partial charge in [-0.15, -0.1) is 0 Å². The molecule has 1 aliphatic heterocycles. The lowest BCUT2D eigenvalue weighted by atomic mass is 9.74. The number of nitrogens with zero attached hydrogens (tertiary/aromatic N) is 1. The van der Waals surface area contributed by atoms with Gasteiger partial charge in [0.2, 0.25) is 0 Å². The molecule has 3 aromatic carbocycles. The van der Waals surface area contributed by atoms with Gasteiger partial charge in [0.1, 0.15) is 5.75 Å². The van der Waals surface area contributed by atoms with E-state index in [1.165, 1.54) is 29.3 Å². The Morgan fingerprint density at radius 2 is 1.68 bits per heavy atom. The van der Waals surface area contributed by atoms with Gasteiger partial charge in [-0.3, -0.25) is 8.93 Å². The van der Waals surface area contributed by atoms with Gasteiger partial charge >= 0.3 is 0 Å². The molecule has 0 aromatic heterocycles. The summed E-state index contributed by atoms with van der Waals surface area (Å²) in [5.41, 5.74) is 5.84. The molecule has 6 nitrogen and oxygen atoms in total. The fourth-order valence-corrected chi connectivity index (χ4v) is 6.75. The van der Waals surface area contributed by atoms with Crippen LogP contribution in [0.5, 0.6) is 5.75 Å². The molecule has 3 unspecified atom stereocenters. The molecule has 1 heterocycles. The van der Waals surface area contributed by atoms with Crippen LogP contribution >= 0.6 is 11.6 Å². The Hall–Kier alpha value is -2.26. The molecule has 3 aliphatic rings. The van der Waals surface area contributed by atoms with E-state index >= 15 is 0 Å². The summed E-state index contributed by atoms with van der Waals surface area (Å²) >= 11 is 4.40. The van der Waals surface area contributed by atoms with Gasteiger partial charge in [0.15, 0.2) is 0 Å². The van der Waals surface area contributed by atoms with Crippen molar-refractivity contribution >= 4 is 22.9 Å². The molecule has 8 heteroatoms. The lowest BCUT2D eigenvalue weighted by Crippen LogP contribution is -2.47. The number of fused-ring (bicyclic) bond motifs is 8. The van der Waals surface area contributed by atoms with Crippen molar-refractivity contribution in [1.29, 1.82) is 0 Å². The molecule has 2 bridgehead atoms. The van der Waals surface area contributed by atoms with E-state index in [2.05, 4.69) is 41.3 Å². The van der Waals surface area contributed by atoms with Crippen LogP contribution in [-0.2, 0) is 22.3 Å². The maximum absolute atomic E-state index is 11.5. The lowest BCUT2D eigenvalue weighted by Gasteiger charge is -2.43. The highest BCUT2D eigenvalue weighted by Crippen LogP contribution is 2.60. The van der Waals surface area contributed by atoms with E-state index in [9.17, 15) is 13.9 Å². The summed E-state index contributed by atoms with van der Waals surface area (Å²) in [6.07, 6.45) is 2.53. The Labute approximate surface area is 226 Å². The van der Waals surface area contributed by atoms with Crippen LogP contribution in [0, 0.1) is 0 Å². The zero-order valence-corrected chi connectivity index (χ0v) is 22.6. The quantitative estimate of drug-likeness (QED) is 0.467. The summed E-state index contributed by atoms with van der Waals surface area (Å²) in [4.78, 5) is 2.54. The van der Waals surface area contributed by atoms with Crippen LogP contribution < -0.4 is 9.46 Å². The Balaban J connectivity index is 0.000000514. The van der Waals surface area contributed by atoms with E-state index in [-0.39, 0.29) is 5.41 Å². The monoisotopic (exact) mass is 539 g/mol. The van der Waals surface area contributed by atoms with Crippen molar-refractivity contribution in [2.24, 2.45) is 0 Å². The minimum absolute atomic E-state index is 0.0125. The number of aliphatic hydroxyl groups is 1. The SMILES string of the molecule is CNS(=O)[O-].COc1ccccc1C1(O)CCN(CC23CC(c4ccccc42)c2ccc(Cl)cc23)CC1. The molecular formula is C29H32ClN2O4S-. The Morgan fingerprint density at radius 1 is 1.05 bits per heavy atom. The van der Waals surface area contributed by atoms with Gasteiger partial charge < -0.3 is 19.3 Å². The highest BCUT2D eigenvalue weighted by atomic mass is 35.5. The van der Waals surface area contributed by atoms with Gasteiger partial charge in [0, 0.05) is 52.8 Å². The van der Waals surface area contributed by atoms with Crippen molar-refractivity contribution in [2.75, 3.05) is 33.8 Å². The number of likely N-dealkylation sites (tertiary alicyclic amines) is 1. The standard InChI is InChI=1S/C28H28ClNO2.CH5NO2S/c1-32-26-9-5-4-8-24(26)28(31)12-14-30(15-13-28)18-27-17-22(20-6-2-3-7-23(20)27)21-11-10-19(29)16-25(21)27;1-2-5(3)4/h2-11,16,22,31H,12-15,17-18H2,1H3;2H,1H3,(H,3,4)/p-1. The van der Waals surface area contributed by atoms with Gasteiger partial charge in [-0.05, 0) is 66.8 Å². The average Bonchev–Trinajstić information content (AvgIpc) is 3.42. The van der Waals surface area contributed by atoms with E-state index in [1.807, 2.05) is 35.1 Å². The number of ether oxygens (including phenoxy) is 1. The molecule has 3 aromatic rings. The predicted molar refractivity (Wildman–Crippen MR) is 146 cm³/mol. The maximum atomic E-state index is 11.5. The number of piperidine rings is 1. The molecule has 1 saturated heterocycles. The Morgan fingerprint density at radius 3 is 2.35 bits per heavy atom. The van der Waals surface area contributed by atoms with Crippen molar-refractivity contribution in [2.45, 2.75) is 36.2 Å². The number of para-hydroxylation sites is 1. The zero-order valence-electron chi connectivity index (χ0n) is 21.1. The number of nitrogens with one attached hydrogen (secondary N) is 1. The summed E-state index contributed by atoms with van der Waals surface area (Å²) in [5.74, 6) is 1.24. The molecule has 2 aliphatic carbocycles. The molecule has 0 saturated carbocycles. The molecule has 6 rings (SSSR count). The summed E-state index contributed by atoms with van der Waals surface area (Å²) in [6.45, 7) is 2.69. The van der Waals surface area contributed by atoms with E-state index in [0.29, 0.717) is 18.8 Å². The number of hydrogen-bond acceptors (Lipinski definition) is 5. The van der Waals surface area contributed by atoms with E-state index < -0.39 is 16.9 Å². The minimum atomic E-state index is -2.07. The molecule has 196 valence electrons. The summed E-state index contributed by atoms with van der Waals surface area (Å²) in [7, 11) is 3.01. The first kappa shape index (κ1) is 26.4. The summed E-state index contributed by atoms with van der Waals surface area (Å²) in [6, 6.07) is 23.3. The highest BCUT2D eigenvalue weighted by molar-refractivity contribution is 7.77. The Bertz CT molecular complexity index is 1310. The molecule has 1 fully saturated rings. The molecule has 37 heavy (non-hydrogen) atoms. The molecule has 0 amide bonds. The van der Waals surface area contributed by atoms with Crippen molar-refractivity contribution in [3.8, 4) is 5.75 Å². The lowest BCUT2D eigenvalue weighted by molar-refractivity contribution is -0.0304. The van der Waals surface area contributed by atoms with Crippen LogP contribution in [0.2, 0.25) is 5.02 Å². The molecule has 3 atom stereocenters. The van der Waals surface area contributed by atoms with Gasteiger partial charge in [-0.2, -0.15) is 0 Å². The van der Waals surface area contributed by atoms with Crippen LogP contribution in [-0.4, -0.2) is 52.6 Å². The number of halogens is 1. The van der Waals surface area contributed by atoms with Crippen LogP contribution in [0.25, 0.3) is 0 Å². The largest absolute Gasteiger partial charge is 0.760 e. The first-order valence-electron chi connectivity index (χ1n) is 12.6. The van der Waals surface area contributed by atoms with E-state index in [4.69, 9.17) is 16.3 Å². The minimum Gasteiger partial charge on any atom is -0.760 e. The maximum Gasteiger partial charge on any atom is 0.124 e. The number of benzene rings is 3. The summed E-state index contributed by atoms with van der Waals surface area (Å²) in [5, 5.41) is 12.3. The van der Waals surface area contributed by atoms with Crippen LogP contribution in [0.3, 0.4) is 0 Å². The van der Waals surface area contributed by atoms with Crippen LogP contribution in [0.4, 0.5) is 0 Å². The fraction of sp³-hybridized carbons (Fsp3) is 0.379. The highest BCUT2D eigenvalue weighted by Gasteiger charge is 2.53. The first-order valence-corrected chi connectivity index (χ1v) is 14.0. The summed E-state index contributed by atoms with van der Waals surface area (Å²) < 4.78 is 26.0. The van der Waals surface area contributed by atoms with Crippen LogP contribution in [0.1, 0.15) is 53.0 Å². The second kappa shape index (κ2) is 10.5. The molecule has 2 N–H and O–H groups in total. The van der Waals surface area contributed by atoms with E-state index in [1.54, 1.807) is 7.11 Å². The van der Waals surface area contributed by atoms with Gasteiger partial charge in [0.05, 0.1) is 12.7 Å². The third kappa shape index (κ3) is 4.73. The number of methoxy groups -OCH3 is 1. The van der Waals surface area contributed by atoms with E-state index in [0.717, 1.165) is 42.4 Å². The molecule has 0 radical (unpaired) electrons. The zero-order chi connectivity index (χ0) is 26.2. The van der Waals surface area contributed by atoms with Crippen molar-refractivity contribution in [3.05, 3.63) is 99.6 Å². The average molecular weight is 540 g/mol. The first-order chi connectivity index (χ1) is 17.8. The smallest absolute Gasteiger partial charge is 0.124 e. The van der Waals surface area contributed by atoms with Gasteiger partial charge in [-0.1, -0.05) is 60.1 Å². The normalized spacial score (nSPS) is 24.0. The topological polar surface area (TPSA) is 84.9 Å². The number of hydrogen-bond donors (Lipinski definition) is 2. The predicted octanol–water partition coefficient (Wildman–Crippen LogP) is 4.47. The van der Waals surface area contributed by atoms with Crippen LogP contribution in [0.15, 0.2) is 66.7 Å². The third-order valence-electron chi connectivity index (χ3n) is 8.26. The molecular weight excluding hydrogens is 508 g/mol.